The predicted molar refractivity (Wildman–Crippen MR) is 79.1 cm³/mol. The molecular formula is C15H25N3O3. The fourth-order valence-electron chi connectivity index (χ4n) is 2.82. The summed E-state index contributed by atoms with van der Waals surface area (Å²) >= 11 is 0. The van der Waals surface area contributed by atoms with E-state index in [4.69, 9.17) is 4.52 Å². The lowest BCUT2D eigenvalue weighted by Gasteiger charge is -2.27. The van der Waals surface area contributed by atoms with Gasteiger partial charge >= 0.3 is 6.03 Å². The SMILES string of the molecule is Cc1noc(C)c1CC(C)NC(=O)NC1CCC(O)CC1. The summed E-state index contributed by atoms with van der Waals surface area (Å²) in [5.41, 5.74) is 1.94. The van der Waals surface area contributed by atoms with Crippen molar-refractivity contribution in [1.82, 2.24) is 15.8 Å². The topological polar surface area (TPSA) is 87.4 Å². The Labute approximate surface area is 125 Å². The summed E-state index contributed by atoms with van der Waals surface area (Å²) in [6.07, 6.45) is 3.71. The van der Waals surface area contributed by atoms with Gasteiger partial charge in [0.05, 0.1) is 11.8 Å². The summed E-state index contributed by atoms with van der Waals surface area (Å²) in [4.78, 5) is 12.0. The Morgan fingerprint density at radius 1 is 1.38 bits per heavy atom. The Hall–Kier alpha value is -1.56. The zero-order valence-corrected chi connectivity index (χ0v) is 13.0. The first-order valence-corrected chi connectivity index (χ1v) is 7.62. The second kappa shape index (κ2) is 6.93. The van der Waals surface area contributed by atoms with E-state index < -0.39 is 0 Å². The van der Waals surface area contributed by atoms with E-state index in [9.17, 15) is 9.90 Å². The van der Waals surface area contributed by atoms with E-state index in [1.807, 2.05) is 20.8 Å². The Bertz CT molecular complexity index is 459. The first-order chi connectivity index (χ1) is 9.95. The number of urea groups is 1. The zero-order valence-electron chi connectivity index (χ0n) is 13.0. The van der Waals surface area contributed by atoms with Crippen LogP contribution in [-0.4, -0.2) is 34.5 Å². The molecule has 1 unspecified atom stereocenters. The van der Waals surface area contributed by atoms with Gasteiger partial charge in [-0.3, -0.25) is 0 Å². The Morgan fingerprint density at radius 3 is 2.62 bits per heavy atom. The lowest BCUT2D eigenvalue weighted by atomic mass is 9.93. The quantitative estimate of drug-likeness (QED) is 0.790. The van der Waals surface area contributed by atoms with Crippen molar-refractivity contribution in [1.29, 1.82) is 0 Å². The smallest absolute Gasteiger partial charge is 0.315 e. The van der Waals surface area contributed by atoms with Crippen LogP contribution < -0.4 is 10.6 Å². The van der Waals surface area contributed by atoms with E-state index in [1.165, 1.54) is 0 Å². The molecule has 1 aliphatic rings. The van der Waals surface area contributed by atoms with Gasteiger partial charge in [0.15, 0.2) is 0 Å². The summed E-state index contributed by atoms with van der Waals surface area (Å²) < 4.78 is 5.13. The molecule has 3 N–H and O–H groups in total. The number of hydrogen-bond donors (Lipinski definition) is 3. The number of nitrogens with one attached hydrogen (secondary N) is 2. The van der Waals surface area contributed by atoms with Crippen molar-refractivity contribution in [3.8, 4) is 0 Å². The maximum atomic E-state index is 12.0. The summed E-state index contributed by atoms with van der Waals surface area (Å²) in [6, 6.07) is 0.0336. The van der Waals surface area contributed by atoms with Gasteiger partial charge in [-0.25, -0.2) is 4.79 Å². The van der Waals surface area contributed by atoms with Crippen LogP contribution >= 0.6 is 0 Å². The minimum absolute atomic E-state index is 0.0102. The number of aromatic nitrogens is 1. The number of aliphatic hydroxyl groups is 1. The maximum Gasteiger partial charge on any atom is 0.315 e. The largest absolute Gasteiger partial charge is 0.393 e. The van der Waals surface area contributed by atoms with E-state index in [-0.39, 0.29) is 24.2 Å². The molecule has 6 heteroatoms. The van der Waals surface area contributed by atoms with Crippen molar-refractivity contribution in [2.24, 2.45) is 0 Å². The van der Waals surface area contributed by atoms with Gasteiger partial charge in [0.2, 0.25) is 0 Å². The standard InChI is InChI=1S/C15H25N3O3/c1-9(8-14-10(2)18-21-11(14)3)16-15(20)17-12-4-6-13(19)7-5-12/h9,12-13,19H,4-8H2,1-3H3,(H2,16,17,20). The van der Waals surface area contributed by atoms with E-state index >= 15 is 0 Å². The number of hydrogen-bond acceptors (Lipinski definition) is 4. The van der Waals surface area contributed by atoms with Crippen LogP contribution in [-0.2, 0) is 6.42 Å². The second-order valence-electron chi connectivity index (χ2n) is 6.03. The third kappa shape index (κ3) is 4.46. The molecule has 6 nitrogen and oxygen atoms in total. The van der Waals surface area contributed by atoms with Gasteiger partial charge in [0.1, 0.15) is 5.76 Å². The molecule has 0 bridgehead atoms. The number of aliphatic hydroxyl groups excluding tert-OH is 1. The summed E-state index contributed by atoms with van der Waals surface area (Å²) in [6.45, 7) is 5.76. The fourth-order valence-corrected chi connectivity index (χ4v) is 2.82. The van der Waals surface area contributed by atoms with Gasteiger partial charge in [-0.1, -0.05) is 5.16 Å². The molecule has 0 aromatic carbocycles. The highest BCUT2D eigenvalue weighted by molar-refractivity contribution is 5.74. The number of rotatable bonds is 4. The predicted octanol–water partition coefficient (Wildman–Crippen LogP) is 1.83. The lowest BCUT2D eigenvalue weighted by molar-refractivity contribution is 0.117. The van der Waals surface area contributed by atoms with Crippen molar-refractivity contribution in [2.45, 2.75) is 71.1 Å². The normalized spacial score (nSPS) is 23.6. The van der Waals surface area contributed by atoms with Crippen molar-refractivity contribution < 1.29 is 14.4 Å². The van der Waals surface area contributed by atoms with Crippen molar-refractivity contribution in [2.75, 3.05) is 0 Å². The van der Waals surface area contributed by atoms with Crippen LogP contribution in [0.4, 0.5) is 4.79 Å². The molecule has 1 saturated carbocycles. The van der Waals surface area contributed by atoms with Crippen LogP contribution in [0.15, 0.2) is 4.52 Å². The average Bonchev–Trinajstić information content (AvgIpc) is 2.73. The Balaban J connectivity index is 1.77. The van der Waals surface area contributed by atoms with Gasteiger partial charge in [-0.2, -0.15) is 0 Å². The Morgan fingerprint density at radius 2 is 2.05 bits per heavy atom. The van der Waals surface area contributed by atoms with Crippen LogP contribution in [0.3, 0.4) is 0 Å². The molecular weight excluding hydrogens is 270 g/mol. The summed E-state index contributed by atoms with van der Waals surface area (Å²) in [7, 11) is 0. The van der Waals surface area contributed by atoms with Crippen molar-refractivity contribution >= 4 is 6.03 Å². The number of aryl methyl sites for hydroxylation is 2. The molecule has 118 valence electrons. The first-order valence-electron chi connectivity index (χ1n) is 7.62. The van der Waals surface area contributed by atoms with Crippen LogP contribution in [0, 0.1) is 13.8 Å². The molecule has 2 amide bonds. The Kier molecular flexibility index (Phi) is 5.22. The van der Waals surface area contributed by atoms with Gasteiger partial charge in [0, 0.05) is 17.6 Å². The molecule has 0 aliphatic heterocycles. The average molecular weight is 295 g/mol. The van der Waals surface area contributed by atoms with E-state index in [0.717, 1.165) is 42.7 Å². The molecule has 21 heavy (non-hydrogen) atoms. The molecule has 0 saturated heterocycles. The lowest BCUT2D eigenvalue weighted by Crippen LogP contribution is -2.47. The molecule has 0 spiro atoms. The summed E-state index contributed by atoms with van der Waals surface area (Å²) in [5, 5.41) is 19.3. The highest BCUT2D eigenvalue weighted by Crippen LogP contribution is 2.18. The monoisotopic (exact) mass is 295 g/mol. The molecule has 1 fully saturated rings. The van der Waals surface area contributed by atoms with Crippen molar-refractivity contribution in [3.63, 3.8) is 0 Å². The third-order valence-corrected chi connectivity index (χ3v) is 4.10. The summed E-state index contributed by atoms with van der Waals surface area (Å²) in [5.74, 6) is 0.808. The van der Waals surface area contributed by atoms with Gasteiger partial charge in [-0.15, -0.1) is 0 Å². The van der Waals surface area contributed by atoms with E-state index in [1.54, 1.807) is 0 Å². The number of carbonyl (C=O) groups excluding carboxylic acids is 1. The molecule has 0 radical (unpaired) electrons. The minimum Gasteiger partial charge on any atom is -0.393 e. The van der Waals surface area contributed by atoms with Crippen LogP contribution in [0.2, 0.25) is 0 Å². The van der Waals surface area contributed by atoms with E-state index in [2.05, 4.69) is 15.8 Å². The number of carbonyl (C=O) groups is 1. The zero-order chi connectivity index (χ0) is 15.4. The number of amides is 2. The fraction of sp³-hybridized carbons (Fsp3) is 0.733. The minimum atomic E-state index is -0.204. The van der Waals surface area contributed by atoms with Gasteiger partial charge < -0.3 is 20.3 Å². The maximum absolute atomic E-state index is 12.0. The molecule has 1 heterocycles. The van der Waals surface area contributed by atoms with Crippen LogP contribution in [0.5, 0.6) is 0 Å². The second-order valence-corrected chi connectivity index (χ2v) is 6.03. The first kappa shape index (κ1) is 15.8. The highest BCUT2D eigenvalue weighted by atomic mass is 16.5. The van der Waals surface area contributed by atoms with Gasteiger partial charge in [0.25, 0.3) is 0 Å². The molecule has 1 atom stereocenters. The molecule has 1 aromatic heterocycles. The van der Waals surface area contributed by atoms with E-state index in [0.29, 0.717) is 6.42 Å². The van der Waals surface area contributed by atoms with Gasteiger partial charge in [-0.05, 0) is 52.9 Å². The molecule has 2 rings (SSSR count). The van der Waals surface area contributed by atoms with Crippen LogP contribution in [0.1, 0.15) is 49.6 Å². The third-order valence-electron chi connectivity index (χ3n) is 4.10. The molecule has 1 aliphatic carbocycles. The molecule has 1 aromatic rings. The van der Waals surface area contributed by atoms with Crippen LogP contribution in [0.25, 0.3) is 0 Å². The van der Waals surface area contributed by atoms with Crippen molar-refractivity contribution in [3.05, 3.63) is 17.0 Å². The number of nitrogens with zero attached hydrogens (tertiary/aromatic N) is 1. The highest BCUT2D eigenvalue weighted by Gasteiger charge is 2.21.